The highest BCUT2D eigenvalue weighted by Gasteiger charge is 2.14. The van der Waals surface area contributed by atoms with Crippen molar-refractivity contribution in [2.75, 3.05) is 37.9 Å². The van der Waals surface area contributed by atoms with Crippen molar-refractivity contribution in [2.24, 2.45) is 0 Å². The SMILES string of the molecule is COc1ccc(Cl)cc1NC(=O)CN(C)CC(=O)Nc1cc(Cl)ccc1F. The van der Waals surface area contributed by atoms with Gasteiger partial charge in [-0.1, -0.05) is 23.2 Å². The van der Waals surface area contributed by atoms with Gasteiger partial charge in [0.25, 0.3) is 0 Å². The maximum absolute atomic E-state index is 13.7. The van der Waals surface area contributed by atoms with Gasteiger partial charge in [-0.05, 0) is 43.4 Å². The number of ether oxygens (including phenoxy) is 1. The highest BCUT2D eigenvalue weighted by Crippen LogP contribution is 2.27. The minimum absolute atomic E-state index is 0.0194. The van der Waals surface area contributed by atoms with Crippen molar-refractivity contribution in [1.82, 2.24) is 4.90 Å². The summed E-state index contributed by atoms with van der Waals surface area (Å²) in [7, 11) is 3.06. The molecular formula is C18H18Cl2FN3O3. The molecule has 0 heterocycles. The first kappa shape index (κ1) is 21.0. The average Bonchev–Trinajstić information content (AvgIpc) is 2.58. The van der Waals surface area contributed by atoms with Crippen molar-refractivity contribution in [1.29, 1.82) is 0 Å². The summed E-state index contributed by atoms with van der Waals surface area (Å²) >= 11 is 11.7. The molecule has 6 nitrogen and oxygen atoms in total. The second-order valence-corrected chi connectivity index (χ2v) is 6.61. The Morgan fingerprint density at radius 3 is 2.11 bits per heavy atom. The molecule has 2 N–H and O–H groups in total. The van der Waals surface area contributed by atoms with Crippen LogP contribution in [0.3, 0.4) is 0 Å². The van der Waals surface area contributed by atoms with Gasteiger partial charge in [0, 0.05) is 10.0 Å². The predicted octanol–water partition coefficient (Wildman–Crippen LogP) is 3.65. The van der Waals surface area contributed by atoms with Gasteiger partial charge in [-0.15, -0.1) is 0 Å². The second kappa shape index (κ2) is 9.55. The molecule has 0 atom stereocenters. The van der Waals surface area contributed by atoms with E-state index in [-0.39, 0.29) is 24.7 Å². The minimum atomic E-state index is -0.596. The Morgan fingerprint density at radius 1 is 1.00 bits per heavy atom. The molecule has 2 aromatic carbocycles. The smallest absolute Gasteiger partial charge is 0.238 e. The van der Waals surface area contributed by atoms with Crippen LogP contribution in [0.15, 0.2) is 36.4 Å². The molecule has 2 rings (SSSR count). The Morgan fingerprint density at radius 2 is 1.52 bits per heavy atom. The normalized spacial score (nSPS) is 10.6. The average molecular weight is 414 g/mol. The Balaban J connectivity index is 1.90. The molecule has 0 aromatic heterocycles. The molecule has 9 heteroatoms. The van der Waals surface area contributed by atoms with E-state index < -0.39 is 11.7 Å². The largest absolute Gasteiger partial charge is 0.495 e. The molecule has 0 aliphatic carbocycles. The first-order valence-electron chi connectivity index (χ1n) is 7.85. The lowest BCUT2D eigenvalue weighted by atomic mass is 10.3. The zero-order chi connectivity index (χ0) is 20.0. The maximum Gasteiger partial charge on any atom is 0.238 e. The number of amides is 2. The lowest BCUT2D eigenvalue weighted by molar-refractivity contribution is -0.119. The van der Waals surface area contributed by atoms with Gasteiger partial charge >= 0.3 is 0 Å². The highest BCUT2D eigenvalue weighted by molar-refractivity contribution is 6.31. The minimum Gasteiger partial charge on any atom is -0.495 e. The van der Waals surface area contributed by atoms with Gasteiger partial charge in [0.05, 0.1) is 31.6 Å². The summed E-state index contributed by atoms with van der Waals surface area (Å²) in [6, 6.07) is 8.69. The third kappa shape index (κ3) is 6.39. The van der Waals surface area contributed by atoms with Crippen molar-refractivity contribution in [3.05, 3.63) is 52.3 Å². The van der Waals surface area contributed by atoms with Gasteiger partial charge in [-0.25, -0.2) is 4.39 Å². The summed E-state index contributed by atoms with van der Waals surface area (Å²) in [6.45, 7) is -0.187. The quantitative estimate of drug-likeness (QED) is 0.726. The Hall–Kier alpha value is -2.35. The number of benzene rings is 2. The summed E-state index contributed by atoms with van der Waals surface area (Å²) in [5, 5.41) is 5.84. The van der Waals surface area contributed by atoms with Gasteiger partial charge in [-0.3, -0.25) is 14.5 Å². The van der Waals surface area contributed by atoms with Gasteiger partial charge in [-0.2, -0.15) is 0 Å². The lowest BCUT2D eigenvalue weighted by Gasteiger charge is -2.17. The number of hydrogen-bond acceptors (Lipinski definition) is 4. The van der Waals surface area contributed by atoms with Gasteiger partial charge in [0.15, 0.2) is 0 Å². The van der Waals surface area contributed by atoms with Crippen molar-refractivity contribution < 1.29 is 18.7 Å². The number of rotatable bonds is 7. The highest BCUT2D eigenvalue weighted by atomic mass is 35.5. The number of nitrogens with zero attached hydrogens (tertiary/aromatic N) is 1. The molecule has 27 heavy (non-hydrogen) atoms. The predicted molar refractivity (Wildman–Crippen MR) is 104 cm³/mol. The van der Waals surface area contributed by atoms with Crippen LogP contribution in [0.5, 0.6) is 5.75 Å². The summed E-state index contributed by atoms with van der Waals surface area (Å²) < 4.78 is 18.8. The monoisotopic (exact) mass is 413 g/mol. The summed E-state index contributed by atoms with van der Waals surface area (Å²) in [6.07, 6.45) is 0. The van der Waals surface area contributed by atoms with Crippen LogP contribution >= 0.6 is 23.2 Å². The van der Waals surface area contributed by atoms with Crippen LogP contribution in [0.1, 0.15) is 0 Å². The summed E-state index contributed by atoms with van der Waals surface area (Å²) in [5.41, 5.74) is 0.405. The van der Waals surface area contributed by atoms with E-state index >= 15 is 0 Å². The van der Waals surface area contributed by atoms with Crippen molar-refractivity contribution in [3.8, 4) is 5.75 Å². The molecule has 0 unspecified atom stereocenters. The van der Waals surface area contributed by atoms with Crippen LogP contribution in [0.4, 0.5) is 15.8 Å². The van der Waals surface area contributed by atoms with Crippen LogP contribution in [-0.4, -0.2) is 44.0 Å². The molecule has 0 aliphatic rings. The van der Waals surface area contributed by atoms with Crippen molar-refractivity contribution >= 4 is 46.4 Å². The van der Waals surface area contributed by atoms with E-state index in [1.54, 1.807) is 25.2 Å². The topological polar surface area (TPSA) is 70.7 Å². The van der Waals surface area contributed by atoms with Crippen molar-refractivity contribution in [3.63, 3.8) is 0 Å². The third-order valence-corrected chi connectivity index (χ3v) is 3.94. The van der Waals surface area contributed by atoms with E-state index in [0.29, 0.717) is 21.5 Å². The number of halogens is 3. The van der Waals surface area contributed by atoms with Gasteiger partial charge in [0.1, 0.15) is 11.6 Å². The molecule has 0 fully saturated rings. The van der Waals surface area contributed by atoms with Crippen LogP contribution in [0, 0.1) is 5.82 Å². The Bertz CT molecular complexity index is 849. The first-order chi connectivity index (χ1) is 12.8. The van der Waals surface area contributed by atoms with E-state index in [1.165, 1.54) is 24.1 Å². The molecule has 144 valence electrons. The van der Waals surface area contributed by atoms with Gasteiger partial charge in [0.2, 0.25) is 11.8 Å². The fourth-order valence-corrected chi connectivity index (χ4v) is 2.64. The fourth-order valence-electron chi connectivity index (χ4n) is 2.30. The van der Waals surface area contributed by atoms with Gasteiger partial charge < -0.3 is 15.4 Å². The number of carbonyl (C=O) groups is 2. The molecule has 0 saturated carbocycles. The van der Waals surface area contributed by atoms with Crippen LogP contribution in [-0.2, 0) is 9.59 Å². The zero-order valence-corrected chi connectivity index (χ0v) is 16.2. The number of likely N-dealkylation sites (N-methyl/N-ethyl adjacent to an activating group) is 1. The Labute approximate surface area is 166 Å². The number of carbonyl (C=O) groups excluding carboxylic acids is 2. The molecule has 2 amide bonds. The maximum atomic E-state index is 13.7. The summed E-state index contributed by atoms with van der Waals surface area (Å²) in [4.78, 5) is 25.7. The van der Waals surface area contributed by atoms with Crippen LogP contribution in [0.2, 0.25) is 10.0 Å². The van der Waals surface area contributed by atoms with Crippen molar-refractivity contribution in [2.45, 2.75) is 0 Å². The number of nitrogens with one attached hydrogen (secondary N) is 2. The van der Waals surface area contributed by atoms with Crippen LogP contribution < -0.4 is 15.4 Å². The standard InChI is InChI=1S/C18H18Cl2FN3O3/c1-24(9-17(25)22-14-7-11(19)3-5-13(14)21)10-18(26)23-15-8-12(20)4-6-16(15)27-2/h3-8H,9-10H2,1-2H3,(H,22,25)(H,23,26). The van der Waals surface area contributed by atoms with Crippen LogP contribution in [0.25, 0.3) is 0 Å². The van der Waals surface area contributed by atoms with E-state index in [4.69, 9.17) is 27.9 Å². The number of methoxy groups -OCH3 is 1. The molecular weight excluding hydrogens is 396 g/mol. The third-order valence-electron chi connectivity index (χ3n) is 3.47. The molecule has 0 aliphatic heterocycles. The molecule has 0 spiro atoms. The van der Waals surface area contributed by atoms with E-state index in [2.05, 4.69) is 10.6 Å². The first-order valence-corrected chi connectivity index (χ1v) is 8.61. The molecule has 0 radical (unpaired) electrons. The summed E-state index contributed by atoms with van der Waals surface area (Å²) in [5.74, 6) is -0.975. The molecule has 2 aromatic rings. The molecule has 0 saturated heterocycles. The van der Waals surface area contributed by atoms with E-state index in [9.17, 15) is 14.0 Å². The van der Waals surface area contributed by atoms with E-state index in [1.807, 2.05) is 0 Å². The molecule has 0 bridgehead atoms. The second-order valence-electron chi connectivity index (χ2n) is 5.74. The number of hydrogen-bond donors (Lipinski definition) is 2. The lowest BCUT2D eigenvalue weighted by Crippen LogP contribution is -2.36. The Kier molecular flexibility index (Phi) is 7.41. The number of anilines is 2. The zero-order valence-electron chi connectivity index (χ0n) is 14.7. The van der Waals surface area contributed by atoms with E-state index in [0.717, 1.165) is 6.07 Å². The fraction of sp³-hybridized carbons (Fsp3) is 0.222.